The number of hydrogen-bond donors (Lipinski definition) is 13. The highest BCUT2D eigenvalue weighted by molar-refractivity contribution is 5.95. The van der Waals surface area contributed by atoms with Crippen LogP contribution in [-0.4, -0.2) is 128 Å². The Morgan fingerprint density at radius 2 is 1.07 bits per heavy atom. The standard InChI is InChI=1S/C41H84N12O7/c1-12-26(10)32(51-37(56)28(14-17-43)49-40(59)33(24(6)7)52-35(54)27(45)13-16-42)21-47-30(19-22(2)3)39(58)48-29(15-18-44)38(57)53-34(25(8)9)41(60)50-31(20-23(4)5)36(55)46-11/h22-34,40,47,49,59H,12-21,42-45H2,1-11H3,(H,46,55)(H,48,58)(H,50,60)(H,51,56)(H,52,54)(H,53,57)/t26?,27?,28?,29?,30?,31?,32?,33?,34?,40-/m0/s1. The second-order valence-electron chi connectivity index (χ2n) is 17.5. The second-order valence-corrected chi connectivity index (χ2v) is 17.5. The highest BCUT2D eigenvalue weighted by atomic mass is 16.3. The van der Waals surface area contributed by atoms with Crippen molar-refractivity contribution < 1.29 is 33.9 Å². The summed E-state index contributed by atoms with van der Waals surface area (Å²) in [5.41, 5.74) is 23.3. The first-order valence-corrected chi connectivity index (χ1v) is 21.8. The summed E-state index contributed by atoms with van der Waals surface area (Å²) < 4.78 is 0. The van der Waals surface area contributed by atoms with E-state index in [0.717, 1.165) is 0 Å². The van der Waals surface area contributed by atoms with E-state index in [1.165, 1.54) is 7.05 Å². The zero-order chi connectivity index (χ0) is 46.3. The molecule has 19 heteroatoms. The maximum atomic E-state index is 13.9. The van der Waals surface area contributed by atoms with Crippen LogP contribution >= 0.6 is 0 Å². The number of rotatable bonds is 31. The van der Waals surface area contributed by atoms with Crippen LogP contribution in [0.4, 0.5) is 0 Å². The zero-order valence-corrected chi connectivity index (χ0v) is 38.4. The van der Waals surface area contributed by atoms with Gasteiger partial charge in [-0.25, -0.2) is 0 Å². The van der Waals surface area contributed by atoms with E-state index in [9.17, 15) is 33.9 Å². The maximum absolute atomic E-state index is 13.9. The molecule has 0 aliphatic heterocycles. The lowest BCUT2D eigenvalue weighted by atomic mass is 9.96. The molecule has 0 saturated carbocycles. The lowest BCUT2D eigenvalue weighted by Gasteiger charge is -2.33. The Morgan fingerprint density at radius 1 is 0.567 bits per heavy atom. The number of aliphatic hydroxyl groups excluding tert-OH is 1. The van der Waals surface area contributed by atoms with Crippen LogP contribution in [-0.2, 0) is 28.8 Å². The third-order valence-electron chi connectivity index (χ3n) is 10.5. The zero-order valence-electron chi connectivity index (χ0n) is 38.4. The van der Waals surface area contributed by atoms with Crippen LogP contribution < -0.4 is 65.5 Å². The van der Waals surface area contributed by atoms with Crippen LogP contribution in [0.2, 0.25) is 0 Å². The lowest BCUT2D eigenvalue weighted by Crippen LogP contribution is -2.61. The van der Waals surface area contributed by atoms with E-state index in [1.54, 1.807) is 13.8 Å². The fourth-order valence-electron chi connectivity index (χ4n) is 6.58. The van der Waals surface area contributed by atoms with E-state index in [1.807, 2.05) is 55.4 Å². The van der Waals surface area contributed by atoms with Gasteiger partial charge in [0.05, 0.1) is 24.2 Å². The molecule has 0 aromatic heterocycles. The number of hydrogen-bond acceptors (Lipinski definition) is 13. The molecule has 0 aromatic carbocycles. The van der Waals surface area contributed by atoms with Crippen molar-refractivity contribution in [1.29, 1.82) is 0 Å². The van der Waals surface area contributed by atoms with Gasteiger partial charge in [0.15, 0.2) is 0 Å². The van der Waals surface area contributed by atoms with E-state index in [-0.39, 0.29) is 80.9 Å². The summed E-state index contributed by atoms with van der Waals surface area (Å²) in [5, 5.41) is 34.3. The summed E-state index contributed by atoms with van der Waals surface area (Å²) in [7, 11) is 1.49. The molecule has 0 radical (unpaired) electrons. The van der Waals surface area contributed by atoms with Gasteiger partial charge in [0.2, 0.25) is 35.4 Å². The molecule has 0 bridgehead atoms. The molecule has 0 aliphatic rings. The molecule has 0 saturated heterocycles. The number of amides is 6. The summed E-state index contributed by atoms with van der Waals surface area (Å²) in [4.78, 5) is 80.1. The van der Waals surface area contributed by atoms with Gasteiger partial charge in [-0.1, -0.05) is 75.7 Å². The lowest BCUT2D eigenvalue weighted by molar-refractivity contribution is -0.135. The smallest absolute Gasteiger partial charge is 0.243 e. The largest absolute Gasteiger partial charge is 0.376 e. The minimum Gasteiger partial charge on any atom is -0.376 e. The predicted octanol–water partition coefficient (Wildman–Crippen LogP) is -1.78. The molecule has 19 nitrogen and oxygen atoms in total. The Hall–Kier alpha value is -3.46. The van der Waals surface area contributed by atoms with E-state index in [4.69, 9.17) is 22.9 Å². The molecule has 60 heavy (non-hydrogen) atoms. The molecule has 0 aromatic rings. The Bertz CT molecular complexity index is 1300. The van der Waals surface area contributed by atoms with Crippen LogP contribution in [0.1, 0.15) is 108 Å². The monoisotopic (exact) mass is 857 g/mol. The molecule has 350 valence electrons. The van der Waals surface area contributed by atoms with E-state index < -0.39 is 84.1 Å². The van der Waals surface area contributed by atoms with Crippen LogP contribution in [0.5, 0.6) is 0 Å². The van der Waals surface area contributed by atoms with Crippen molar-refractivity contribution in [3.63, 3.8) is 0 Å². The van der Waals surface area contributed by atoms with Gasteiger partial charge >= 0.3 is 0 Å². The molecule has 0 heterocycles. The first-order valence-electron chi connectivity index (χ1n) is 21.8. The van der Waals surface area contributed by atoms with Gasteiger partial charge < -0.3 is 65.3 Å². The van der Waals surface area contributed by atoms with Crippen molar-refractivity contribution in [3.05, 3.63) is 0 Å². The molecule has 0 fully saturated rings. The highest BCUT2D eigenvalue weighted by Gasteiger charge is 2.34. The fraction of sp³-hybridized carbons (Fsp3) is 0.854. The van der Waals surface area contributed by atoms with Crippen molar-refractivity contribution in [2.45, 2.75) is 162 Å². The maximum Gasteiger partial charge on any atom is 0.243 e. The molecule has 10 atom stereocenters. The molecule has 0 aliphatic carbocycles. The van der Waals surface area contributed by atoms with Gasteiger partial charge in [0.25, 0.3) is 0 Å². The minimum atomic E-state index is -1.31. The van der Waals surface area contributed by atoms with Gasteiger partial charge in [0, 0.05) is 19.6 Å². The number of carbonyl (C=O) groups excluding carboxylic acids is 6. The SMILES string of the molecule is CCC(C)C(CNC(CC(C)C)C(=O)NC(CCN)C(=O)NC(C(=O)NC(CC(C)C)C(=O)NC)C(C)C)NC(=O)C(CCN)N[C@@H](O)C(NC(=O)C(N)CCN)C(C)C. The summed E-state index contributed by atoms with van der Waals surface area (Å²) in [6, 6.07) is -6.60. The number of nitrogens with two attached hydrogens (primary N) is 4. The molecular formula is C41H84N12O7. The van der Waals surface area contributed by atoms with Crippen molar-refractivity contribution in [2.75, 3.05) is 33.2 Å². The molecule has 6 amide bonds. The third kappa shape index (κ3) is 20.9. The minimum absolute atomic E-state index is 0.0437. The van der Waals surface area contributed by atoms with Crippen LogP contribution in [0.15, 0.2) is 0 Å². The summed E-state index contributed by atoms with van der Waals surface area (Å²) in [5.74, 6) is -3.21. The first kappa shape index (κ1) is 56.5. The molecule has 17 N–H and O–H groups in total. The van der Waals surface area contributed by atoms with Crippen LogP contribution in [0, 0.1) is 29.6 Å². The third-order valence-corrected chi connectivity index (χ3v) is 10.5. The van der Waals surface area contributed by atoms with Crippen LogP contribution in [0.25, 0.3) is 0 Å². The average molecular weight is 857 g/mol. The van der Waals surface area contributed by atoms with Crippen molar-refractivity contribution in [1.82, 2.24) is 42.5 Å². The summed E-state index contributed by atoms with van der Waals surface area (Å²) in [6.45, 7) is 19.6. The van der Waals surface area contributed by atoms with Gasteiger partial charge in [-0.3, -0.25) is 34.1 Å². The Kier molecular flexibility index (Phi) is 28.0. The van der Waals surface area contributed by atoms with Crippen molar-refractivity contribution >= 4 is 35.4 Å². The number of likely N-dealkylation sites (N-methyl/N-ethyl adjacent to an activating group) is 1. The summed E-state index contributed by atoms with van der Waals surface area (Å²) >= 11 is 0. The first-order chi connectivity index (χ1) is 28.1. The number of nitrogens with one attached hydrogen (secondary N) is 8. The number of aliphatic hydroxyl groups is 1. The van der Waals surface area contributed by atoms with Crippen molar-refractivity contribution in [3.8, 4) is 0 Å². The fourth-order valence-corrected chi connectivity index (χ4v) is 6.58. The Labute approximate surface area is 359 Å². The predicted molar refractivity (Wildman–Crippen MR) is 235 cm³/mol. The highest BCUT2D eigenvalue weighted by Crippen LogP contribution is 2.13. The van der Waals surface area contributed by atoms with Gasteiger partial charge in [-0.05, 0) is 81.3 Å². The Balaban J connectivity index is 6.13. The Morgan fingerprint density at radius 3 is 1.55 bits per heavy atom. The van der Waals surface area contributed by atoms with E-state index in [0.29, 0.717) is 19.3 Å². The average Bonchev–Trinajstić information content (AvgIpc) is 3.17. The second kappa shape index (κ2) is 29.7. The van der Waals surface area contributed by atoms with E-state index >= 15 is 0 Å². The van der Waals surface area contributed by atoms with Gasteiger partial charge in [-0.2, -0.15) is 0 Å². The van der Waals surface area contributed by atoms with Gasteiger partial charge in [-0.15, -0.1) is 0 Å². The quantitative estimate of drug-likeness (QED) is 0.0344. The normalized spacial score (nSPS) is 16.8. The van der Waals surface area contributed by atoms with Gasteiger partial charge in [0.1, 0.15) is 24.4 Å². The topological polar surface area (TPSA) is 323 Å². The van der Waals surface area contributed by atoms with Crippen molar-refractivity contribution in [2.24, 2.45) is 52.5 Å². The van der Waals surface area contributed by atoms with E-state index in [2.05, 4.69) is 42.5 Å². The van der Waals surface area contributed by atoms with Crippen LogP contribution in [0.3, 0.4) is 0 Å². The number of carbonyl (C=O) groups is 6. The molecular weight excluding hydrogens is 773 g/mol. The summed E-state index contributed by atoms with van der Waals surface area (Å²) in [6.07, 6.45) is 0.744. The molecule has 0 spiro atoms. The molecule has 0 rings (SSSR count). The molecule has 9 unspecified atom stereocenters.